The van der Waals surface area contributed by atoms with Gasteiger partial charge in [0.1, 0.15) is 11.6 Å². The molecule has 152 valence electrons. The number of rotatable bonds is 7. The number of benzene rings is 2. The van der Waals surface area contributed by atoms with Crippen LogP contribution in [0.3, 0.4) is 0 Å². The first kappa shape index (κ1) is 21.3. The second-order valence-electron chi connectivity index (χ2n) is 6.75. The lowest BCUT2D eigenvalue weighted by Crippen LogP contribution is -2.16. The highest BCUT2D eigenvalue weighted by Crippen LogP contribution is 2.27. The summed E-state index contributed by atoms with van der Waals surface area (Å²) < 4.78 is 29.8. The number of amides is 1. The van der Waals surface area contributed by atoms with E-state index in [1.807, 2.05) is 13.8 Å². The van der Waals surface area contributed by atoms with Crippen molar-refractivity contribution < 1.29 is 13.6 Å². The summed E-state index contributed by atoms with van der Waals surface area (Å²) >= 11 is 6.99. The van der Waals surface area contributed by atoms with Gasteiger partial charge in [-0.25, -0.2) is 8.78 Å². The number of carbonyl (C=O) groups is 1. The number of aromatic nitrogens is 3. The molecule has 1 aromatic heterocycles. The smallest absolute Gasteiger partial charge is 0.234 e. The lowest BCUT2D eigenvalue weighted by atomic mass is 10.2. The molecular formula is C20H19ClF2N4OS. The maximum Gasteiger partial charge on any atom is 0.234 e. The Hall–Kier alpha value is -2.45. The Kier molecular flexibility index (Phi) is 6.87. The van der Waals surface area contributed by atoms with Crippen LogP contribution in [-0.4, -0.2) is 26.4 Å². The first-order valence-electron chi connectivity index (χ1n) is 8.91. The number of halogens is 3. The quantitative estimate of drug-likeness (QED) is 0.513. The van der Waals surface area contributed by atoms with Crippen LogP contribution in [0.25, 0.3) is 11.4 Å². The summed E-state index contributed by atoms with van der Waals surface area (Å²) in [6, 6.07) is 10.3. The number of nitrogens with one attached hydrogen (secondary N) is 1. The van der Waals surface area contributed by atoms with Gasteiger partial charge in [-0.2, -0.15) is 0 Å². The van der Waals surface area contributed by atoms with Crippen LogP contribution in [0.15, 0.2) is 47.6 Å². The van der Waals surface area contributed by atoms with E-state index in [-0.39, 0.29) is 17.4 Å². The van der Waals surface area contributed by atoms with Gasteiger partial charge in [-0.15, -0.1) is 10.2 Å². The molecule has 0 saturated carbocycles. The molecule has 0 unspecified atom stereocenters. The first-order chi connectivity index (χ1) is 13.8. The average molecular weight is 437 g/mol. The number of hydrogen-bond donors (Lipinski definition) is 1. The summed E-state index contributed by atoms with van der Waals surface area (Å²) in [7, 11) is 0. The molecule has 29 heavy (non-hydrogen) atoms. The molecule has 3 rings (SSSR count). The third kappa shape index (κ3) is 5.33. The molecule has 2 aromatic carbocycles. The van der Waals surface area contributed by atoms with Crippen molar-refractivity contribution >= 4 is 35.0 Å². The fourth-order valence-corrected chi connectivity index (χ4v) is 3.60. The third-order valence-corrected chi connectivity index (χ3v) is 5.12. The summed E-state index contributed by atoms with van der Waals surface area (Å²) in [5.41, 5.74) is 0.358. The monoisotopic (exact) mass is 436 g/mol. The van der Waals surface area contributed by atoms with E-state index in [1.165, 1.54) is 24.3 Å². The largest absolute Gasteiger partial charge is 0.323 e. The minimum atomic E-state index is -0.572. The fraction of sp³-hybridized carbons (Fsp3) is 0.250. The van der Waals surface area contributed by atoms with Crippen LogP contribution < -0.4 is 5.32 Å². The molecule has 1 amide bonds. The summed E-state index contributed by atoms with van der Waals surface area (Å²) in [6.45, 7) is 4.60. The van der Waals surface area contributed by atoms with Gasteiger partial charge in [-0.05, 0) is 36.2 Å². The maximum atomic E-state index is 14.2. The van der Waals surface area contributed by atoms with E-state index in [9.17, 15) is 13.6 Å². The van der Waals surface area contributed by atoms with E-state index >= 15 is 0 Å². The Morgan fingerprint density at radius 3 is 2.66 bits per heavy atom. The topological polar surface area (TPSA) is 59.8 Å². The SMILES string of the molecule is CC(C)Cn1c(SCC(=O)Nc2cc(Cl)ccc2F)nnc1-c1ccccc1F. The van der Waals surface area contributed by atoms with Crippen molar-refractivity contribution in [3.05, 3.63) is 59.1 Å². The summed E-state index contributed by atoms with van der Waals surface area (Å²) in [4.78, 5) is 12.3. The molecule has 0 radical (unpaired) electrons. The fourth-order valence-electron chi connectivity index (χ4n) is 2.68. The Bertz CT molecular complexity index is 1030. The molecule has 0 aliphatic rings. The van der Waals surface area contributed by atoms with Gasteiger partial charge in [0, 0.05) is 11.6 Å². The second kappa shape index (κ2) is 9.37. The molecule has 0 aliphatic carbocycles. The van der Waals surface area contributed by atoms with E-state index in [2.05, 4.69) is 15.5 Å². The first-order valence-corrected chi connectivity index (χ1v) is 10.3. The van der Waals surface area contributed by atoms with Crippen molar-refractivity contribution in [2.24, 2.45) is 5.92 Å². The van der Waals surface area contributed by atoms with Crippen LogP contribution in [0, 0.1) is 17.6 Å². The van der Waals surface area contributed by atoms with Crippen molar-refractivity contribution in [2.45, 2.75) is 25.5 Å². The zero-order chi connectivity index (χ0) is 21.0. The Morgan fingerprint density at radius 2 is 1.93 bits per heavy atom. The van der Waals surface area contributed by atoms with Crippen LogP contribution >= 0.6 is 23.4 Å². The normalized spacial score (nSPS) is 11.1. The van der Waals surface area contributed by atoms with Crippen molar-refractivity contribution in [1.82, 2.24) is 14.8 Å². The third-order valence-electron chi connectivity index (χ3n) is 3.91. The summed E-state index contributed by atoms with van der Waals surface area (Å²) in [5, 5.41) is 11.6. The number of thioether (sulfide) groups is 1. The highest BCUT2D eigenvalue weighted by atomic mass is 35.5. The van der Waals surface area contributed by atoms with Crippen molar-refractivity contribution in [2.75, 3.05) is 11.1 Å². The molecule has 0 fully saturated rings. The number of hydrogen-bond acceptors (Lipinski definition) is 4. The minimum absolute atomic E-state index is 0.0128. The average Bonchev–Trinajstić information content (AvgIpc) is 3.05. The molecule has 0 spiro atoms. The molecule has 9 heteroatoms. The van der Waals surface area contributed by atoms with Crippen molar-refractivity contribution in [3.63, 3.8) is 0 Å². The van der Waals surface area contributed by atoms with Gasteiger partial charge in [-0.3, -0.25) is 4.79 Å². The molecule has 0 saturated heterocycles. The molecule has 0 aliphatic heterocycles. The number of nitrogens with zero attached hydrogens (tertiary/aromatic N) is 3. The van der Waals surface area contributed by atoms with Crippen LogP contribution in [0.4, 0.5) is 14.5 Å². The highest BCUT2D eigenvalue weighted by Gasteiger charge is 2.19. The highest BCUT2D eigenvalue weighted by molar-refractivity contribution is 7.99. The maximum absolute atomic E-state index is 14.2. The Morgan fingerprint density at radius 1 is 1.17 bits per heavy atom. The molecule has 5 nitrogen and oxygen atoms in total. The zero-order valence-corrected chi connectivity index (χ0v) is 17.4. The molecular weight excluding hydrogens is 418 g/mol. The van der Waals surface area contributed by atoms with Gasteiger partial charge in [0.25, 0.3) is 0 Å². The van der Waals surface area contributed by atoms with Gasteiger partial charge in [0.2, 0.25) is 5.91 Å². The second-order valence-corrected chi connectivity index (χ2v) is 8.13. The van der Waals surface area contributed by atoms with Crippen LogP contribution in [-0.2, 0) is 11.3 Å². The van der Waals surface area contributed by atoms with Gasteiger partial charge in [0.15, 0.2) is 11.0 Å². The van der Waals surface area contributed by atoms with Crippen molar-refractivity contribution in [1.29, 1.82) is 0 Å². The van der Waals surface area contributed by atoms with Crippen molar-refractivity contribution in [3.8, 4) is 11.4 Å². The van der Waals surface area contributed by atoms with E-state index in [0.29, 0.717) is 28.1 Å². The summed E-state index contributed by atoms with van der Waals surface area (Å²) in [5.74, 6) is -0.735. The van der Waals surface area contributed by atoms with Gasteiger partial charge >= 0.3 is 0 Å². The molecule has 3 aromatic rings. The molecule has 0 atom stereocenters. The lowest BCUT2D eigenvalue weighted by Gasteiger charge is -2.13. The van der Waals surface area contributed by atoms with Gasteiger partial charge in [-0.1, -0.05) is 49.3 Å². The van der Waals surface area contributed by atoms with Crippen LogP contribution in [0.2, 0.25) is 5.02 Å². The zero-order valence-electron chi connectivity index (χ0n) is 15.8. The minimum Gasteiger partial charge on any atom is -0.323 e. The Labute approximate surface area is 176 Å². The van der Waals surface area contributed by atoms with Gasteiger partial charge in [0.05, 0.1) is 17.0 Å². The standard InChI is InChI=1S/C20H19ClF2N4OS/c1-12(2)10-27-19(14-5-3-4-6-15(14)22)25-26-20(27)29-11-18(28)24-17-9-13(21)7-8-16(17)23/h3-9,12H,10-11H2,1-2H3,(H,24,28). The Balaban J connectivity index is 1.77. The van der Waals surface area contributed by atoms with E-state index in [1.54, 1.807) is 22.8 Å². The predicted octanol–water partition coefficient (Wildman–Crippen LogP) is 5.26. The molecule has 1 N–H and O–H groups in total. The van der Waals surface area contributed by atoms with Crippen LogP contribution in [0.5, 0.6) is 0 Å². The lowest BCUT2D eigenvalue weighted by molar-refractivity contribution is -0.113. The van der Waals surface area contributed by atoms with Crippen LogP contribution in [0.1, 0.15) is 13.8 Å². The van der Waals surface area contributed by atoms with Gasteiger partial charge < -0.3 is 9.88 Å². The predicted molar refractivity (Wildman–Crippen MR) is 111 cm³/mol. The van der Waals surface area contributed by atoms with E-state index < -0.39 is 17.5 Å². The molecule has 1 heterocycles. The van der Waals surface area contributed by atoms with E-state index in [4.69, 9.17) is 11.6 Å². The van der Waals surface area contributed by atoms with E-state index in [0.717, 1.165) is 11.8 Å². The molecule has 0 bridgehead atoms. The number of carbonyl (C=O) groups excluding carboxylic acids is 1. The summed E-state index contributed by atoms with van der Waals surface area (Å²) in [6.07, 6.45) is 0. The number of anilines is 1.